The molecular weight excluding hydrogens is 250 g/mol. The maximum atomic E-state index is 13.4. The molecule has 0 radical (unpaired) electrons. The van der Waals surface area contributed by atoms with E-state index in [-0.39, 0.29) is 12.1 Å². The average Bonchev–Trinajstić information content (AvgIpc) is 2.42. The average molecular weight is 270 g/mol. The van der Waals surface area contributed by atoms with Crippen molar-refractivity contribution in [2.24, 2.45) is 0 Å². The van der Waals surface area contributed by atoms with Crippen molar-refractivity contribution in [3.05, 3.63) is 35.4 Å². The Balaban J connectivity index is 2.30. The minimum absolute atomic E-state index is 0.0405. The van der Waals surface area contributed by atoms with E-state index in [4.69, 9.17) is 4.74 Å². The molecule has 2 rings (SSSR count). The van der Waals surface area contributed by atoms with Gasteiger partial charge in [0, 0.05) is 13.1 Å². The lowest BCUT2D eigenvalue weighted by Gasteiger charge is -2.41. The predicted octanol–water partition coefficient (Wildman–Crippen LogP) is 1.95. The second-order valence-electron chi connectivity index (χ2n) is 4.71. The molecule has 1 aliphatic heterocycles. The van der Waals surface area contributed by atoms with E-state index in [2.05, 4.69) is 17.1 Å². The summed E-state index contributed by atoms with van der Waals surface area (Å²) in [5.74, 6) is -1.61. The van der Waals surface area contributed by atoms with Crippen LogP contribution in [0.4, 0.5) is 8.78 Å². The van der Waals surface area contributed by atoms with E-state index < -0.39 is 11.6 Å². The Kier molecular flexibility index (Phi) is 4.85. The van der Waals surface area contributed by atoms with Gasteiger partial charge in [-0.2, -0.15) is 0 Å². The lowest BCUT2D eigenvalue weighted by Crippen LogP contribution is -2.48. The molecule has 1 aromatic rings. The standard InChI is InChI=1S/C14H20F2N2O/c1-3-18-6-7-19-13(9-17-2)14(18)10-4-5-11(15)12(16)8-10/h4-5,8,13-14,17H,3,6-7,9H2,1-2H3. The number of likely N-dealkylation sites (N-methyl/N-ethyl adjacent to an activating group) is 2. The molecule has 19 heavy (non-hydrogen) atoms. The lowest BCUT2D eigenvalue weighted by molar-refractivity contribution is -0.0687. The van der Waals surface area contributed by atoms with Crippen LogP contribution in [0.3, 0.4) is 0 Å². The monoisotopic (exact) mass is 270 g/mol. The molecule has 106 valence electrons. The molecule has 0 amide bonds. The van der Waals surface area contributed by atoms with Gasteiger partial charge < -0.3 is 10.1 Å². The third-order valence-corrected chi connectivity index (χ3v) is 3.55. The van der Waals surface area contributed by atoms with Crippen molar-refractivity contribution in [3.8, 4) is 0 Å². The van der Waals surface area contributed by atoms with Crippen LogP contribution in [0.5, 0.6) is 0 Å². The summed E-state index contributed by atoms with van der Waals surface area (Å²) in [6.07, 6.45) is -0.0523. The van der Waals surface area contributed by atoms with Crippen molar-refractivity contribution in [2.75, 3.05) is 33.3 Å². The zero-order valence-electron chi connectivity index (χ0n) is 11.3. The first-order valence-corrected chi connectivity index (χ1v) is 6.62. The number of hydrogen-bond acceptors (Lipinski definition) is 3. The summed E-state index contributed by atoms with van der Waals surface area (Å²) in [6, 6.07) is 4.06. The van der Waals surface area contributed by atoms with Crippen molar-refractivity contribution in [1.29, 1.82) is 0 Å². The second kappa shape index (κ2) is 6.41. The maximum Gasteiger partial charge on any atom is 0.159 e. The van der Waals surface area contributed by atoms with E-state index in [0.717, 1.165) is 18.7 Å². The summed E-state index contributed by atoms with van der Waals surface area (Å²) in [5.41, 5.74) is 0.765. The van der Waals surface area contributed by atoms with Crippen LogP contribution in [0.25, 0.3) is 0 Å². The number of morpholine rings is 1. The van der Waals surface area contributed by atoms with Gasteiger partial charge in [0.25, 0.3) is 0 Å². The Bertz CT molecular complexity index is 426. The Morgan fingerprint density at radius 1 is 1.37 bits per heavy atom. The molecule has 1 heterocycles. The fourth-order valence-electron chi connectivity index (χ4n) is 2.64. The van der Waals surface area contributed by atoms with Crippen molar-refractivity contribution in [1.82, 2.24) is 10.2 Å². The highest BCUT2D eigenvalue weighted by atomic mass is 19.2. The largest absolute Gasteiger partial charge is 0.374 e. The van der Waals surface area contributed by atoms with E-state index in [1.54, 1.807) is 6.07 Å². The highest BCUT2D eigenvalue weighted by Gasteiger charge is 2.32. The van der Waals surface area contributed by atoms with E-state index in [1.807, 2.05) is 7.05 Å². The zero-order chi connectivity index (χ0) is 13.8. The van der Waals surface area contributed by atoms with E-state index in [0.29, 0.717) is 13.2 Å². The van der Waals surface area contributed by atoms with Crippen LogP contribution in [0, 0.1) is 11.6 Å². The topological polar surface area (TPSA) is 24.5 Å². The van der Waals surface area contributed by atoms with Crippen molar-refractivity contribution in [3.63, 3.8) is 0 Å². The summed E-state index contributed by atoms with van der Waals surface area (Å²) in [7, 11) is 1.86. The van der Waals surface area contributed by atoms with Crippen LogP contribution in [0.1, 0.15) is 18.5 Å². The third kappa shape index (κ3) is 3.11. The molecule has 3 nitrogen and oxygen atoms in total. The van der Waals surface area contributed by atoms with Crippen LogP contribution in [-0.2, 0) is 4.74 Å². The molecule has 0 aliphatic carbocycles. The molecule has 1 saturated heterocycles. The summed E-state index contributed by atoms with van der Waals surface area (Å²) in [4.78, 5) is 2.23. The van der Waals surface area contributed by atoms with Gasteiger partial charge in [0.05, 0.1) is 18.8 Å². The van der Waals surface area contributed by atoms with Crippen molar-refractivity contribution in [2.45, 2.75) is 19.1 Å². The maximum absolute atomic E-state index is 13.4. The zero-order valence-corrected chi connectivity index (χ0v) is 11.3. The van der Waals surface area contributed by atoms with E-state index >= 15 is 0 Å². The SMILES string of the molecule is CCN1CCOC(CNC)C1c1ccc(F)c(F)c1. The quantitative estimate of drug-likeness (QED) is 0.905. The lowest BCUT2D eigenvalue weighted by atomic mass is 9.97. The third-order valence-electron chi connectivity index (χ3n) is 3.55. The van der Waals surface area contributed by atoms with E-state index in [9.17, 15) is 8.78 Å². The smallest absolute Gasteiger partial charge is 0.159 e. The van der Waals surface area contributed by atoms with Gasteiger partial charge in [0.2, 0.25) is 0 Å². The first kappa shape index (κ1) is 14.4. The van der Waals surface area contributed by atoms with Crippen molar-refractivity contribution >= 4 is 0 Å². The number of ether oxygens (including phenoxy) is 1. The Labute approximate surface area is 112 Å². The van der Waals surface area contributed by atoms with E-state index in [1.165, 1.54) is 12.1 Å². The number of halogens is 2. The van der Waals surface area contributed by atoms with Gasteiger partial charge in [-0.05, 0) is 31.3 Å². The molecule has 1 aliphatic rings. The predicted molar refractivity (Wildman–Crippen MR) is 70.0 cm³/mol. The van der Waals surface area contributed by atoms with Crippen LogP contribution in [0.15, 0.2) is 18.2 Å². The van der Waals surface area contributed by atoms with Gasteiger partial charge >= 0.3 is 0 Å². The van der Waals surface area contributed by atoms with Crippen LogP contribution in [-0.4, -0.2) is 44.3 Å². The number of nitrogens with one attached hydrogen (secondary N) is 1. The molecule has 0 spiro atoms. The Hall–Kier alpha value is -1.04. The summed E-state index contributed by atoms with van der Waals surface area (Å²) in [5, 5.41) is 3.09. The molecule has 1 aromatic carbocycles. The molecule has 2 atom stereocenters. The van der Waals surface area contributed by atoms with Crippen molar-refractivity contribution < 1.29 is 13.5 Å². The van der Waals surface area contributed by atoms with Crippen LogP contribution < -0.4 is 5.32 Å². The first-order chi connectivity index (χ1) is 9.17. The van der Waals surface area contributed by atoms with Gasteiger partial charge in [-0.25, -0.2) is 8.78 Å². The molecule has 1 fully saturated rings. The Morgan fingerprint density at radius 3 is 2.79 bits per heavy atom. The van der Waals surface area contributed by atoms with Crippen LogP contribution >= 0.6 is 0 Å². The Morgan fingerprint density at radius 2 is 2.16 bits per heavy atom. The van der Waals surface area contributed by atoms with Crippen LogP contribution in [0.2, 0.25) is 0 Å². The fourth-order valence-corrected chi connectivity index (χ4v) is 2.64. The molecule has 0 saturated carbocycles. The second-order valence-corrected chi connectivity index (χ2v) is 4.71. The highest BCUT2D eigenvalue weighted by molar-refractivity contribution is 5.23. The first-order valence-electron chi connectivity index (χ1n) is 6.62. The molecule has 1 N–H and O–H groups in total. The minimum atomic E-state index is -0.811. The fraction of sp³-hybridized carbons (Fsp3) is 0.571. The normalized spacial score (nSPS) is 24.6. The molecule has 0 aromatic heterocycles. The summed E-state index contributed by atoms with van der Waals surface area (Å²) >= 11 is 0. The molecular formula is C14H20F2N2O. The minimum Gasteiger partial charge on any atom is -0.374 e. The summed E-state index contributed by atoms with van der Waals surface area (Å²) < 4.78 is 32.3. The molecule has 2 unspecified atom stereocenters. The van der Waals surface area contributed by atoms with Gasteiger partial charge in [-0.3, -0.25) is 4.90 Å². The molecule has 5 heteroatoms. The number of hydrogen-bond donors (Lipinski definition) is 1. The number of benzene rings is 1. The number of rotatable bonds is 4. The van der Waals surface area contributed by atoms with Gasteiger partial charge in [0.15, 0.2) is 11.6 Å². The van der Waals surface area contributed by atoms with Gasteiger partial charge in [0.1, 0.15) is 0 Å². The van der Waals surface area contributed by atoms with Gasteiger partial charge in [-0.15, -0.1) is 0 Å². The molecule has 0 bridgehead atoms. The number of nitrogens with zero attached hydrogens (tertiary/aromatic N) is 1. The van der Waals surface area contributed by atoms with Gasteiger partial charge in [-0.1, -0.05) is 13.0 Å². The highest BCUT2D eigenvalue weighted by Crippen LogP contribution is 2.30. The summed E-state index contributed by atoms with van der Waals surface area (Å²) in [6.45, 7) is 5.07.